The molecule has 152 valence electrons. The topological polar surface area (TPSA) is 112 Å². The lowest BCUT2D eigenvalue weighted by atomic mass is 10.1. The maximum atomic E-state index is 5.84. The van der Waals surface area contributed by atoms with E-state index in [1.165, 1.54) is 0 Å². The van der Waals surface area contributed by atoms with Gasteiger partial charge in [0.1, 0.15) is 23.0 Å². The van der Waals surface area contributed by atoms with E-state index in [0.717, 1.165) is 28.5 Å². The molecular weight excluding hydrogens is 400 g/mol. The van der Waals surface area contributed by atoms with Crippen LogP contribution in [0, 0.1) is 0 Å². The van der Waals surface area contributed by atoms with Crippen LogP contribution >= 0.6 is 11.8 Å². The van der Waals surface area contributed by atoms with Crippen LogP contribution in [0.3, 0.4) is 0 Å². The highest BCUT2D eigenvalue weighted by molar-refractivity contribution is 7.97. The van der Waals surface area contributed by atoms with E-state index in [-0.39, 0.29) is 5.95 Å². The van der Waals surface area contributed by atoms with Crippen LogP contribution in [0.2, 0.25) is 0 Å². The number of benzene rings is 2. The summed E-state index contributed by atoms with van der Waals surface area (Å²) in [5.41, 5.74) is 8.47. The number of rotatable bonds is 8. The van der Waals surface area contributed by atoms with E-state index < -0.39 is 0 Å². The number of anilines is 3. The monoisotopic (exact) mass is 420 g/mol. The predicted octanol–water partition coefficient (Wildman–Crippen LogP) is 4.29. The van der Waals surface area contributed by atoms with Crippen molar-refractivity contribution in [3.05, 3.63) is 72.2 Å². The van der Waals surface area contributed by atoms with Crippen molar-refractivity contribution in [2.24, 2.45) is 0 Å². The van der Waals surface area contributed by atoms with E-state index in [2.05, 4.69) is 25.4 Å². The van der Waals surface area contributed by atoms with Crippen molar-refractivity contribution >= 4 is 29.3 Å². The summed E-state index contributed by atoms with van der Waals surface area (Å²) in [7, 11) is 1.64. The zero-order valence-electron chi connectivity index (χ0n) is 16.3. The van der Waals surface area contributed by atoms with E-state index in [1.54, 1.807) is 18.9 Å². The first-order chi connectivity index (χ1) is 14.7. The van der Waals surface area contributed by atoms with E-state index in [9.17, 15) is 0 Å². The van der Waals surface area contributed by atoms with Gasteiger partial charge in [0.15, 0.2) is 0 Å². The number of nitrogens with one attached hydrogen (secondary N) is 1. The Balaban J connectivity index is 1.35. The Bertz CT molecular complexity index is 1100. The molecule has 0 atom stereocenters. The number of ether oxygens (including phenoxy) is 1. The lowest BCUT2D eigenvalue weighted by molar-refractivity contribution is 0.397. The van der Waals surface area contributed by atoms with Crippen molar-refractivity contribution in [2.45, 2.75) is 11.5 Å². The lowest BCUT2D eigenvalue weighted by Crippen LogP contribution is -2.06. The Hall–Kier alpha value is -3.59. The van der Waals surface area contributed by atoms with Crippen molar-refractivity contribution in [1.29, 1.82) is 0 Å². The molecular formula is C21H20N6O2S. The number of nitrogen functional groups attached to an aromatic ring is 1. The molecule has 2 heterocycles. The summed E-state index contributed by atoms with van der Waals surface area (Å²) in [6.45, 7) is 0. The van der Waals surface area contributed by atoms with Crippen molar-refractivity contribution in [1.82, 2.24) is 20.1 Å². The second-order valence-electron chi connectivity index (χ2n) is 6.32. The fourth-order valence-electron chi connectivity index (χ4n) is 2.73. The number of aromatic nitrogens is 4. The Labute approximate surface area is 177 Å². The highest BCUT2D eigenvalue weighted by Crippen LogP contribution is 2.25. The maximum absolute atomic E-state index is 5.84. The number of methoxy groups -OCH3 is 1. The van der Waals surface area contributed by atoms with Crippen molar-refractivity contribution in [3.63, 3.8) is 0 Å². The minimum absolute atomic E-state index is 0.181. The highest BCUT2D eigenvalue weighted by atomic mass is 32.2. The molecule has 0 aliphatic rings. The molecule has 2 aromatic carbocycles. The van der Waals surface area contributed by atoms with Gasteiger partial charge in [-0.1, -0.05) is 23.4 Å². The van der Waals surface area contributed by atoms with Crippen LogP contribution in [0.5, 0.6) is 5.75 Å². The van der Waals surface area contributed by atoms with Crippen LogP contribution in [0.25, 0.3) is 11.3 Å². The van der Waals surface area contributed by atoms with Crippen molar-refractivity contribution in [3.8, 4) is 17.0 Å². The number of thioether (sulfide) groups is 1. The molecule has 8 nitrogen and oxygen atoms in total. The normalized spacial score (nSPS) is 10.7. The fourth-order valence-corrected chi connectivity index (χ4v) is 3.48. The minimum Gasteiger partial charge on any atom is -0.497 e. The number of hydrogen-bond donors (Lipinski definition) is 2. The molecule has 0 aliphatic heterocycles. The molecule has 0 aliphatic carbocycles. The van der Waals surface area contributed by atoms with Gasteiger partial charge < -0.3 is 20.3 Å². The third-order valence-electron chi connectivity index (χ3n) is 4.15. The van der Waals surface area contributed by atoms with Crippen LogP contribution in [0.4, 0.5) is 17.6 Å². The predicted molar refractivity (Wildman–Crippen MR) is 117 cm³/mol. The standard InChI is InChI=1S/C21H20N6O2S/c1-28-16-9-7-14(8-10-16)18-11-17(29-27-18)12-30-13-19-24-20(22)26-21(25-19)23-15-5-3-2-4-6-15/h2-11H,12-13H2,1H3,(H3,22,23,24,25,26). The molecule has 30 heavy (non-hydrogen) atoms. The van der Waals surface area contributed by atoms with Crippen LogP contribution < -0.4 is 15.8 Å². The third kappa shape index (κ3) is 5.06. The molecule has 2 aromatic heterocycles. The summed E-state index contributed by atoms with van der Waals surface area (Å²) in [4.78, 5) is 12.8. The second kappa shape index (κ2) is 9.27. The van der Waals surface area contributed by atoms with Gasteiger partial charge in [-0.15, -0.1) is 11.8 Å². The zero-order chi connectivity index (χ0) is 20.8. The van der Waals surface area contributed by atoms with Gasteiger partial charge in [0.05, 0.1) is 18.6 Å². The van der Waals surface area contributed by atoms with Gasteiger partial charge in [0.2, 0.25) is 11.9 Å². The Morgan fingerprint density at radius 2 is 1.80 bits per heavy atom. The third-order valence-corrected chi connectivity index (χ3v) is 5.10. The number of nitrogens with two attached hydrogens (primary N) is 1. The van der Waals surface area contributed by atoms with Crippen LogP contribution in [0.15, 0.2) is 65.2 Å². The molecule has 3 N–H and O–H groups in total. The smallest absolute Gasteiger partial charge is 0.232 e. The molecule has 0 radical (unpaired) electrons. The zero-order valence-corrected chi connectivity index (χ0v) is 17.1. The molecule has 0 saturated heterocycles. The number of para-hydroxylation sites is 1. The number of nitrogens with zero attached hydrogens (tertiary/aromatic N) is 4. The van der Waals surface area contributed by atoms with Gasteiger partial charge >= 0.3 is 0 Å². The van der Waals surface area contributed by atoms with Gasteiger partial charge in [0.25, 0.3) is 0 Å². The summed E-state index contributed by atoms with van der Waals surface area (Å²) in [5.74, 6) is 3.98. The Kier molecular flexibility index (Phi) is 6.09. The SMILES string of the molecule is COc1ccc(-c2cc(CSCc3nc(N)nc(Nc4ccccc4)n3)on2)cc1. The molecule has 0 saturated carbocycles. The first-order valence-corrected chi connectivity index (χ1v) is 10.4. The Morgan fingerprint density at radius 3 is 2.57 bits per heavy atom. The molecule has 0 fully saturated rings. The average Bonchev–Trinajstić information content (AvgIpc) is 3.23. The van der Waals surface area contributed by atoms with Gasteiger partial charge in [0, 0.05) is 17.3 Å². The quantitative estimate of drug-likeness (QED) is 0.431. The lowest BCUT2D eigenvalue weighted by Gasteiger charge is -2.06. The van der Waals surface area contributed by atoms with Crippen LogP contribution in [0.1, 0.15) is 11.6 Å². The fraction of sp³-hybridized carbons (Fsp3) is 0.143. The van der Waals surface area contributed by atoms with Gasteiger partial charge in [-0.3, -0.25) is 0 Å². The summed E-state index contributed by atoms with van der Waals surface area (Å²) < 4.78 is 10.6. The van der Waals surface area contributed by atoms with Gasteiger partial charge in [-0.05, 0) is 36.4 Å². The summed E-state index contributed by atoms with van der Waals surface area (Å²) in [5, 5.41) is 7.28. The largest absolute Gasteiger partial charge is 0.497 e. The van der Waals surface area contributed by atoms with Crippen LogP contribution in [-0.4, -0.2) is 27.2 Å². The molecule has 4 aromatic rings. The number of hydrogen-bond acceptors (Lipinski definition) is 9. The molecule has 0 unspecified atom stereocenters. The maximum Gasteiger partial charge on any atom is 0.232 e. The molecule has 0 amide bonds. The summed E-state index contributed by atoms with van der Waals surface area (Å²) in [6.07, 6.45) is 0. The van der Waals surface area contributed by atoms with Crippen molar-refractivity contribution in [2.75, 3.05) is 18.2 Å². The Morgan fingerprint density at radius 1 is 1.00 bits per heavy atom. The molecule has 9 heteroatoms. The molecule has 0 spiro atoms. The minimum atomic E-state index is 0.181. The van der Waals surface area contributed by atoms with Crippen LogP contribution in [-0.2, 0) is 11.5 Å². The first kappa shape index (κ1) is 19.7. The second-order valence-corrected chi connectivity index (χ2v) is 7.31. The first-order valence-electron chi connectivity index (χ1n) is 9.20. The van der Waals surface area contributed by atoms with Crippen molar-refractivity contribution < 1.29 is 9.26 Å². The van der Waals surface area contributed by atoms with Gasteiger partial charge in [-0.2, -0.15) is 15.0 Å². The molecule has 4 rings (SSSR count). The summed E-state index contributed by atoms with van der Waals surface area (Å²) in [6, 6.07) is 19.3. The van der Waals surface area contributed by atoms with E-state index in [0.29, 0.717) is 23.3 Å². The van der Waals surface area contributed by atoms with E-state index >= 15 is 0 Å². The average molecular weight is 420 g/mol. The van der Waals surface area contributed by atoms with E-state index in [4.69, 9.17) is 15.0 Å². The van der Waals surface area contributed by atoms with E-state index in [1.807, 2.05) is 60.7 Å². The highest BCUT2D eigenvalue weighted by Gasteiger charge is 2.09. The van der Waals surface area contributed by atoms with Gasteiger partial charge in [-0.25, -0.2) is 0 Å². The molecule has 0 bridgehead atoms. The summed E-state index contributed by atoms with van der Waals surface area (Å²) >= 11 is 1.61.